The number of ketones is 1. The van der Waals surface area contributed by atoms with Crippen LogP contribution in [0, 0.1) is 11.6 Å². The summed E-state index contributed by atoms with van der Waals surface area (Å²) in [7, 11) is 0. The molecular weight excluding hydrogens is 352 g/mol. The van der Waals surface area contributed by atoms with Crippen molar-refractivity contribution >= 4 is 29.0 Å². The van der Waals surface area contributed by atoms with Gasteiger partial charge < -0.3 is 10.1 Å². The fraction of sp³-hybridized carbons (Fsp3) is 0.222. The summed E-state index contributed by atoms with van der Waals surface area (Å²) in [5, 5.41) is 2.12. The predicted molar refractivity (Wildman–Crippen MR) is 91.2 cm³/mol. The van der Waals surface area contributed by atoms with Gasteiger partial charge in [-0.05, 0) is 43.7 Å². The Kier molecular flexibility index (Phi) is 6.47. The van der Waals surface area contributed by atoms with Crippen LogP contribution >= 0.6 is 11.6 Å². The zero-order valence-electron chi connectivity index (χ0n) is 13.4. The van der Waals surface area contributed by atoms with Gasteiger partial charge in [0.2, 0.25) is 5.91 Å². The Labute approximate surface area is 148 Å². The third kappa shape index (κ3) is 5.53. The van der Waals surface area contributed by atoms with E-state index < -0.39 is 17.5 Å². The van der Waals surface area contributed by atoms with Crippen molar-refractivity contribution < 1.29 is 23.1 Å². The third-order valence-corrected chi connectivity index (χ3v) is 3.65. The van der Waals surface area contributed by atoms with Crippen molar-refractivity contribution in [2.45, 2.75) is 19.8 Å². The Balaban J connectivity index is 1.78. The molecule has 7 heteroatoms. The topological polar surface area (TPSA) is 55.4 Å². The lowest BCUT2D eigenvalue weighted by atomic mass is 10.1. The molecule has 0 saturated carbocycles. The highest BCUT2D eigenvalue weighted by molar-refractivity contribution is 6.33. The zero-order chi connectivity index (χ0) is 18.4. The first-order valence-electron chi connectivity index (χ1n) is 7.55. The molecule has 2 aromatic carbocycles. The molecule has 0 fully saturated rings. The number of nitrogens with one attached hydrogen (secondary N) is 1. The van der Waals surface area contributed by atoms with E-state index in [1.165, 1.54) is 6.92 Å². The van der Waals surface area contributed by atoms with Crippen LogP contribution in [0.2, 0.25) is 5.02 Å². The van der Waals surface area contributed by atoms with Gasteiger partial charge in [0.1, 0.15) is 11.6 Å². The molecule has 0 aliphatic carbocycles. The average molecular weight is 368 g/mol. The predicted octanol–water partition coefficient (Wildman–Crippen LogP) is 4.62. The molecule has 1 N–H and O–H groups in total. The minimum absolute atomic E-state index is 0.0325. The lowest BCUT2D eigenvalue weighted by molar-refractivity contribution is -0.116. The van der Waals surface area contributed by atoms with Gasteiger partial charge in [-0.15, -0.1) is 0 Å². The monoisotopic (exact) mass is 367 g/mol. The van der Waals surface area contributed by atoms with Gasteiger partial charge in [-0.25, -0.2) is 8.78 Å². The first-order valence-corrected chi connectivity index (χ1v) is 7.93. The molecule has 0 aliphatic heterocycles. The van der Waals surface area contributed by atoms with Crippen molar-refractivity contribution in [1.82, 2.24) is 0 Å². The second kappa shape index (κ2) is 8.58. The normalized spacial score (nSPS) is 10.4. The highest BCUT2D eigenvalue weighted by atomic mass is 35.5. The van der Waals surface area contributed by atoms with Crippen LogP contribution in [0.5, 0.6) is 5.75 Å². The van der Waals surface area contributed by atoms with Gasteiger partial charge in [0, 0.05) is 18.1 Å². The maximum Gasteiger partial charge on any atom is 0.224 e. The lowest BCUT2D eigenvalue weighted by Crippen LogP contribution is -2.14. The van der Waals surface area contributed by atoms with Crippen molar-refractivity contribution in [2.24, 2.45) is 0 Å². The van der Waals surface area contributed by atoms with Gasteiger partial charge in [0.15, 0.2) is 11.6 Å². The van der Waals surface area contributed by atoms with Crippen LogP contribution < -0.4 is 10.1 Å². The summed E-state index contributed by atoms with van der Waals surface area (Å²) in [6, 6.07) is 8.23. The van der Waals surface area contributed by atoms with E-state index in [2.05, 4.69) is 5.32 Å². The van der Waals surface area contributed by atoms with E-state index in [0.717, 1.165) is 6.07 Å². The summed E-state index contributed by atoms with van der Waals surface area (Å²) in [5.74, 6) is -1.65. The molecule has 4 nitrogen and oxygen atoms in total. The largest absolute Gasteiger partial charge is 0.494 e. The molecule has 0 atom stereocenters. The van der Waals surface area contributed by atoms with Crippen molar-refractivity contribution in [2.75, 3.05) is 11.9 Å². The van der Waals surface area contributed by atoms with Crippen LogP contribution in [0.1, 0.15) is 30.1 Å². The molecule has 0 saturated heterocycles. The van der Waals surface area contributed by atoms with Crippen molar-refractivity contribution in [1.29, 1.82) is 0 Å². The van der Waals surface area contributed by atoms with Crippen LogP contribution in [0.25, 0.3) is 0 Å². The first kappa shape index (κ1) is 18.9. The molecule has 0 heterocycles. The summed E-state index contributed by atoms with van der Waals surface area (Å²) in [6.45, 7) is 1.75. The number of benzene rings is 2. The lowest BCUT2D eigenvalue weighted by Gasteiger charge is -2.09. The molecule has 0 radical (unpaired) electrons. The summed E-state index contributed by atoms with van der Waals surface area (Å²) in [4.78, 5) is 23.0. The second-order valence-electron chi connectivity index (χ2n) is 5.33. The fourth-order valence-electron chi connectivity index (χ4n) is 2.07. The molecule has 0 aromatic heterocycles. The van der Waals surface area contributed by atoms with Crippen LogP contribution in [0.3, 0.4) is 0 Å². The highest BCUT2D eigenvalue weighted by Crippen LogP contribution is 2.26. The average Bonchev–Trinajstić information content (AvgIpc) is 2.55. The fourth-order valence-corrected chi connectivity index (χ4v) is 2.31. The summed E-state index contributed by atoms with van der Waals surface area (Å²) < 4.78 is 32.0. The number of ether oxygens (including phenoxy) is 1. The van der Waals surface area contributed by atoms with Gasteiger partial charge in [0.05, 0.1) is 17.3 Å². The van der Waals surface area contributed by atoms with Gasteiger partial charge >= 0.3 is 0 Å². The Morgan fingerprint density at radius 1 is 1.16 bits per heavy atom. The number of anilines is 1. The molecule has 0 spiro atoms. The number of carbonyl (C=O) groups excluding carboxylic acids is 2. The van der Waals surface area contributed by atoms with E-state index in [4.69, 9.17) is 16.3 Å². The highest BCUT2D eigenvalue weighted by Gasteiger charge is 2.13. The van der Waals surface area contributed by atoms with Crippen LogP contribution in [-0.2, 0) is 4.79 Å². The Morgan fingerprint density at radius 2 is 1.84 bits per heavy atom. The maximum absolute atomic E-state index is 13.6. The molecule has 0 aliphatic rings. The van der Waals surface area contributed by atoms with Gasteiger partial charge in [-0.2, -0.15) is 0 Å². The standard InChI is InChI=1S/C18H16ClF2NO3/c1-11(23)12-4-6-14(7-5-12)25-8-2-3-17(24)22-18-15(19)9-13(20)10-16(18)21/h4-7,9-10H,2-3,8H2,1H3,(H,22,24). The number of carbonyl (C=O) groups is 2. The third-order valence-electron chi connectivity index (χ3n) is 3.35. The van der Waals surface area contributed by atoms with Gasteiger partial charge in [-0.1, -0.05) is 11.6 Å². The Morgan fingerprint density at radius 3 is 2.44 bits per heavy atom. The molecule has 0 bridgehead atoms. The molecule has 2 aromatic rings. The van der Waals surface area contributed by atoms with E-state index in [-0.39, 0.29) is 29.5 Å². The number of halogens is 3. The van der Waals surface area contributed by atoms with Gasteiger partial charge in [0.25, 0.3) is 0 Å². The van der Waals surface area contributed by atoms with Crippen LogP contribution in [-0.4, -0.2) is 18.3 Å². The van der Waals surface area contributed by atoms with E-state index in [1.807, 2.05) is 0 Å². The number of hydrogen-bond acceptors (Lipinski definition) is 3. The minimum atomic E-state index is -0.930. The molecule has 2 rings (SSSR count). The van der Waals surface area contributed by atoms with Crippen molar-refractivity contribution in [3.05, 3.63) is 58.6 Å². The maximum atomic E-state index is 13.6. The number of hydrogen-bond donors (Lipinski definition) is 1. The minimum Gasteiger partial charge on any atom is -0.494 e. The quantitative estimate of drug-likeness (QED) is 0.574. The summed E-state index contributed by atoms with van der Waals surface area (Å²) >= 11 is 5.71. The van der Waals surface area contributed by atoms with E-state index >= 15 is 0 Å². The molecule has 0 unspecified atom stereocenters. The molecule has 132 valence electrons. The Bertz CT molecular complexity index is 755. The Hall–Kier alpha value is -2.47. The summed E-state index contributed by atoms with van der Waals surface area (Å²) in [6.07, 6.45) is 0.472. The van der Waals surface area contributed by atoms with E-state index in [1.54, 1.807) is 24.3 Å². The van der Waals surface area contributed by atoms with Gasteiger partial charge in [-0.3, -0.25) is 9.59 Å². The van der Waals surface area contributed by atoms with Crippen LogP contribution in [0.4, 0.5) is 14.5 Å². The molecule has 25 heavy (non-hydrogen) atoms. The number of rotatable bonds is 7. The smallest absolute Gasteiger partial charge is 0.224 e. The SMILES string of the molecule is CC(=O)c1ccc(OCCCC(=O)Nc2c(F)cc(F)cc2Cl)cc1. The van der Waals surface area contributed by atoms with E-state index in [9.17, 15) is 18.4 Å². The van der Waals surface area contributed by atoms with Crippen molar-refractivity contribution in [3.8, 4) is 5.75 Å². The van der Waals surface area contributed by atoms with Crippen molar-refractivity contribution in [3.63, 3.8) is 0 Å². The number of Topliss-reactive ketones (excluding diaryl/α,β-unsaturated/α-hetero) is 1. The number of amides is 1. The molecule has 1 amide bonds. The first-order chi connectivity index (χ1) is 11.9. The summed E-state index contributed by atoms with van der Waals surface area (Å²) in [5.41, 5.74) is 0.346. The second-order valence-corrected chi connectivity index (χ2v) is 5.73. The molecular formula is C18H16ClF2NO3. The zero-order valence-corrected chi connectivity index (χ0v) is 14.2. The van der Waals surface area contributed by atoms with E-state index in [0.29, 0.717) is 23.8 Å². The van der Waals surface area contributed by atoms with Crippen LogP contribution in [0.15, 0.2) is 36.4 Å².